The van der Waals surface area contributed by atoms with E-state index in [0.717, 1.165) is 17.7 Å². The number of quaternary nitrogens is 1. The van der Waals surface area contributed by atoms with Gasteiger partial charge in [-0.15, -0.1) is 0 Å². The molecule has 0 radical (unpaired) electrons. The van der Waals surface area contributed by atoms with Crippen LogP contribution < -0.4 is 20.3 Å². The predicted molar refractivity (Wildman–Crippen MR) is 90.7 cm³/mol. The van der Waals surface area contributed by atoms with Crippen LogP contribution in [0.1, 0.15) is 19.8 Å². The maximum absolute atomic E-state index is 12.4. The fourth-order valence-electron chi connectivity index (χ4n) is 2.27. The third-order valence-electron chi connectivity index (χ3n) is 4.17. The number of carbonyl (C=O) groups excluding carboxylic acids is 2. The highest BCUT2D eigenvalue weighted by Gasteiger charge is 2.28. The summed E-state index contributed by atoms with van der Waals surface area (Å²) in [7, 11) is 3.14. The quantitative estimate of drug-likeness (QED) is 0.440. The van der Waals surface area contributed by atoms with Gasteiger partial charge >= 0.3 is 0 Å². The number of rotatable bonds is 8. The number of non-ortho nitro benzene ring substituents is 1. The number of nitrogens with one attached hydrogen (secondary N) is 3. The van der Waals surface area contributed by atoms with Crippen molar-refractivity contribution >= 4 is 23.2 Å². The number of nitro groups is 1. The molecule has 1 unspecified atom stereocenters. The summed E-state index contributed by atoms with van der Waals surface area (Å²) < 4.78 is 5.10. The summed E-state index contributed by atoms with van der Waals surface area (Å²) in [5, 5.41) is 16.4. The average Bonchev–Trinajstić information content (AvgIpc) is 3.37. The van der Waals surface area contributed by atoms with Gasteiger partial charge in [-0.3, -0.25) is 19.7 Å². The van der Waals surface area contributed by atoms with E-state index in [2.05, 4.69) is 10.6 Å². The Morgan fingerprint density at radius 1 is 1.44 bits per heavy atom. The van der Waals surface area contributed by atoms with Crippen molar-refractivity contribution in [3.05, 3.63) is 28.3 Å². The van der Waals surface area contributed by atoms with Crippen molar-refractivity contribution in [3.63, 3.8) is 0 Å². The zero-order valence-corrected chi connectivity index (χ0v) is 14.5. The molecule has 2 amide bonds. The van der Waals surface area contributed by atoms with Crippen molar-refractivity contribution in [1.82, 2.24) is 5.32 Å². The second-order valence-electron chi connectivity index (χ2n) is 6.22. The van der Waals surface area contributed by atoms with Gasteiger partial charge in [0.25, 0.3) is 17.5 Å². The van der Waals surface area contributed by atoms with Crippen LogP contribution in [-0.4, -0.2) is 49.5 Å². The van der Waals surface area contributed by atoms with Crippen molar-refractivity contribution in [2.24, 2.45) is 0 Å². The monoisotopic (exact) mass is 351 g/mol. The molecule has 9 nitrogen and oxygen atoms in total. The van der Waals surface area contributed by atoms with Gasteiger partial charge in [0.05, 0.1) is 30.8 Å². The Bertz CT molecular complexity index is 674. The molecule has 2 rings (SSSR count). The van der Waals surface area contributed by atoms with Crippen LogP contribution in [-0.2, 0) is 9.59 Å². The third kappa shape index (κ3) is 5.15. The fraction of sp³-hybridized carbons (Fsp3) is 0.500. The van der Waals surface area contributed by atoms with Gasteiger partial charge in [-0.25, -0.2) is 0 Å². The minimum Gasteiger partial charge on any atom is -0.494 e. The molecule has 0 heterocycles. The normalized spacial score (nSPS) is 15.8. The van der Waals surface area contributed by atoms with Gasteiger partial charge < -0.3 is 20.3 Å². The second-order valence-corrected chi connectivity index (χ2v) is 6.22. The molecule has 1 aromatic rings. The molecular formula is C16H23N4O5+. The zero-order valence-electron chi connectivity index (χ0n) is 14.5. The predicted octanol–water partition coefficient (Wildman–Crippen LogP) is -0.276. The van der Waals surface area contributed by atoms with Crippen molar-refractivity contribution in [3.8, 4) is 5.75 Å². The molecule has 1 aliphatic carbocycles. The summed E-state index contributed by atoms with van der Waals surface area (Å²) in [6.45, 7) is 1.91. The van der Waals surface area contributed by atoms with E-state index < -0.39 is 11.0 Å². The maximum Gasteiger partial charge on any atom is 0.282 e. The molecule has 3 N–H and O–H groups in total. The lowest BCUT2D eigenvalue weighted by Crippen LogP contribution is -3.15. The van der Waals surface area contributed by atoms with E-state index in [0.29, 0.717) is 5.69 Å². The average molecular weight is 351 g/mol. The number of hydrogen-bond acceptors (Lipinski definition) is 5. The van der Waals surface area contributed by atoms with Gasteiger partial charge in [-0.05, 0) is 25.8 Å². The molecule has 0 bridgehead atoms. The van der Waals surface area contributed by atoms with E-state index >= 15 is 0 Å². The number of benzene rings is 1. The molecule has 1 saturated carbocycles. The molecule has 0 spiro atoms. The highest BCUT2D eigenvalue weighted by molar-refractivity contribution is 5.95. The van der Waals surface area contributed by atoms with Gasteiger partial charge in [0.2, 0.25) is 0 Å². The molecule has 1 aromatic carbocycles. The van der Waals surface area contributed by atoms with Crippen molar-refractivity contribution in [2.45, 2.75) is 31.8 Å². The minimum absolute atomic E-state index is 0.0763. The summed E-state index contributed by atoms with van der Waals surface area (Å²) >= 11 is 0. The second kappa shape index (κ2) is 7.93. The number of methoxy groups -OCH3 is 1. The summed E-state index contributed by atoms with van der Waals surface area (Å²) in [6.07, 6.45) is 2.03. The number of nitrogens with zero attached hydrogens (tertiary/aromatic N) is 1. The number of likely N-dealkylation sites (N-methyl/N-ethyl adjacent to an activating group) is 1. The zero-order chi connectivity index (χ0) is 18.6. The Balaban J connectivity index is 1.97. The largest absolute Gasteiger partial charge is 0.494 e. The van der Waals surface area contributed by atoms with Crippen LogP contribution in [0.25, 0.3) is 0 Å². The molecule has 0 saturated heterocycles. The molecule has 0 aromatic heterocycles. The van der Waals surface area contributed by atoms with E-state index in [-0.39, 0.29) is 35.8 Å². The number of anilines is 1. The Kier molecular flexibility index (Phi) is 5.92. The van der Waals surface area contributed by atoms with Crippen LogP contribution in [0, 0.1) is 10.1 Å². The summed E-state index contributed by atoms with van der Waals surface area (Å²) in [5.41, 5.74) is 0.225. The van der Waals surface area contributed by atoms with E-state index in [9.17, 15) is 19.7 Å². The molecule has 1 aliphatic rings. The highest BCUT2D eigenvalue weighted by Crippen LogP contribution is 2.28. The van der Waals surface area contributed by atoms with E-state index in [1.54, 1.807) is 14.0 Å². The lowest BCUT2D eigenvalue weighted by molar-refractivity contribution is -0.885. The topological polar surface area (TPSA) is 115 Å². The summed E-state index contributed by atoms with van der Waals surface area (Å²) in [4.78, 5) is 35.3. The Morgan fingerprint density at radius 3 is 2.68 bits per heavy atom. The van der Waals surface area contributed by atoms with E-state index in [1.807, 2.05) is 0 Å². The van der Waals surface area contributed by atoms with Crippen LogP contribution in [0.5, 0.6) is 5.75 Å². The van der Waals surface area contributed by atoms with Crippen molar-refractivity contribution in [1.29, 1.82) is 0 Å². The van der Waals surface area contributed by atoms with Crippen molar-refractivity contribution < 1.29 is 24.1 Å². The summed E-state index contributed by atoms with van der Waals surface area (Å²) in [5.74, 6) is -0.171. The molecule has 2 atom stereocenters. The Hall–Kier alpha value is -2.68. The lowest BCUT2D eigenvalue weighted by atomic mass is 10.2. The van der Waals surface area contributed by atoms with Gasteiger partial charge in [0, 0.05) is 12.1 Å². The third-order valence-corrected chi connectivity index (χ3v) is 4.17. The van der Waals surface area contributed by atoms with E-state index in [4.69, 9.17) is 4.74 Å². The smallest absolute Gasteiger partial charge is 0.282 e. The molecule has 136 valence electrons. The van der Waals surface area contributed by atoms with Gasteiger partial charge in [-0.1, -0.05) is 0 Å². The molecule has 1 fully saturated rings. The standard InChI is InChI=1S/C16H22N4O5/c1-10(19(2)9-15(21)17-11-4-5-11)16(22)18-13-7-6-12(20(23)24)8-14(13)25-3/h6-8,10-11H,4-5,9H2,1-3H3,(H,17,21)(H,18,22)/p+1/t10-/m0/s1. The van der Waals surface area contributed by atoms with Crippen LogP contribution in [0.15, 0.2) is 18.2 Å². The van der Waals surface area contributed by atoms with E-state index in [1.165, 1.54) is 25.3 Å². The number of carbonyl (C=O) groups is 2. The van der Waals surface area contributed by atoms with Gasteiger partial charge in [0.15, 0.2) is 12.6 Å². The fourth-order valence-corrected chi connectivity index (χ4v) is 2.27. The molecule has 25 heavy (non-hydrogen) atoms. The SMILES string of the molecule is COc1cc([N+](=O)[O-])ccc1NC(=O)[C@H](C)[NH+](C)CC(=O)NC1CC1. The van der Waals surface area contributed by atoms with Crippen LogP contribution in [0.2, 0.25) is 0 Å². The minimum atomic E-state index is -0.535. The summed E-state index contributed by atoms with van der Waals surface area (Å²) in [6, 6.07) is 3.78. The maximum atomic E-state index is 12.4. The number of ether oxygens (including phenoxy) is 1. The first kappa shape index (κ1) is 18.7. The number of amides is 2. The van der Waals surface area contributed by atoms with Gasteiger partial charge in [0.1, 0.15) is 5.75 Å². The highest BCUT2D eigenvalue weighted by atomic mass is 16.6. The van der Waals surface area contributed by atoms with Gasteiger partial charge in [-0.2, -0.15) is 0 Å². The lowest BCUT2D eigenvalue weighted by Gasteiger charge is -2.21. The molecular weight excluding hydrogens is 328 g/mol. The first-order valence-corrected chi connectivity index (χ1v) is 8.06. The van der Waals surface area contributed by atoms with Crippen molar-refractivity contribution in [2.75, 3.05) is 26.0 Å². The molecule has 0 aliphatic heterocycles. The Labute approximate surface area is 145 Å². The number of nitro benzene ring substituents is 1. The number of hydrogen-bond donors (Lipinski definition) is 3. The molecule has 9 heteroatoms. The first-order valence-electron chi connectivity index (χ1n) is 8.06. The van der Waals surface area contributed by atoms with Crippen LogP contribution in [0.4, 0.5) is 11.4 Å². The first-order chi connectivity index (χ1) is 11.8. The van der Waals surface area contributed by atoms with Crippen LogP contribution in [0.3, 0.4) is 0 Å². The van der Waals surface area contributed by atoms with Crippen LogP contribution >= 0.6 is 0 Å². The Morgan fingerprint density at radius 2 is 2.12 bits per heavy atom.